The van der Waals surface area contributed by atoms with Crippen molar-refractivity contribution in [3.05, 3.63) is 84.1 Å². The van der Waals surface area contributed by atoms with E-state index in [0.717, 1.165) is 71.5 Å². The third kappa shape index (κ3) is 5.21. The van der Waals surface area contributed by atoms with Crippen LogP contribution in [0.3, 0.4) is 0 Å². The molecule has 0 radical (unpaired) electrons. The summed E-state index contributed by atoms with van der Waals surface area (Å²) in [7, 11) is 1.66. The molecule has 1 aromatic heterocycles. The van der Waals surface area contributed by atoms with E-state index in [1.807, 2.05) is 72.9 Å². The average molecular weight is 457 g/mol. The van der Waals surface area contributed by atoms with Crippen molar-refractivity contribution >= 4 is 22.5 Å². The van der Waals surface area contributed by atoms with E-state index >= 15 is 0 Å². The van der Waals surface area contributed by atoms with Gasteiger partial charge in [-0.05, 0) is 41.5 Å². The van der Waals surface area contributed by atoms with Crippen molar-refractivity contribution in [3.63, 3.8) is 0 Å². The van der Waals surface area contributed by atoms with Gasteiger partial charge in [0.25, 0.3) is 0 Å². The maximum Gasteiger partial charge on any atom is 0.161 e. The van der Waals surface area contributed by atoms with Gasteiger partial charge in [0.1, 0.15) is 12.4 Å². The minimum absolute atomic E-state index is 0.499. The van der Waals surface area contributed by atoms with Crippen LogP contribution in [0.5, 0.6) is 11.5 Å². The molecule has 0 unspecified atom stereocenters. The van der Waals surface area contributed by atoms with Crippen LogP contribution in [0.25, 0.3) is 11.0 Å². The molecule has 0 atom stereocenters. The van der Waals surface area contributed by atoms with Crippen LogP contribution in [0.15, 0.2) is 72.9 Å². The van der Waals surface area contributed by atoms with Crippen molar-refractivity contribution in [1.82, 2.24) is 9.97 Å². The third-order valence-electron chi connectivity index (χ3n) is 5.83. The van der Waals surface area contributed by atoms with Crippen LogP contribution < -0.4 is 19.7 Å². The van der Waals surface area contributed by atoms with Gasteiger partial charge in [0.2, 0.25) is 0 Å². The second-order valence-electron chi connectivity index (χ2n) is 8.14. The number of hydrogen-bond acceptors (Lipinski definition) is 7. The Morgan fingerprint density at radius 2 is 1.76 bits per heavy atom. The fourth-order valence-corrected chi connectivity index (χ4v) is 3.94. The zero-order chi connectivity index (χ0) is 23.2. The van der Waals surface area contributed by atoms with Gasteiger partial charge in [-0.15, -0.1) is 0 Å². The van der Waals surface area contributed by atoms with Crippen LogP contribution >= 0.6 is 0 Å². The lowest BCUT2D eigenvalue weighted by Gasteiger charge is -2.27. The van der Waals surface area contributed by atoms with Gasteiger partial charge in [-0.1, -0.05) is 36.4 Å². The Kier molecular flexibility index (Phi) is 6.72. The van der Waals surface area contributed by atoms with E-state index in [1.54, 1.807) is 7.11 Å². The summed E-state index contributed by atoms with van der Waals surface area (Å²) in [6.45, 7) is 4.27. The van der Waals surface area contributed by atoms with E-state index in [9.17, 15) is 0 Å². The molecule has 3 aromatic carbocycles. The van der Waals surface area contributed by atoms with Crippen LogP contribution in [0.1, 0.15) is 11.1 Å². The molecule has 7 heteroatoms. The van der Waals surface area contributed by atoms with Crippen molar-refractivity contribution in [2.45, 2.75) is 13.2 Å². The number of rotatable bonds is 8. The number of methoxy groups -OCH3 is 1. The molecule has 1 aliphatic heterocycles. The minimum atomic E-state index is 0.499. The fourth-order valence-electron chi connectivity index (χ4n) is 3.94. The summed E-state index contributed by atoms with van der Waals surface area (Å²) < 4.78 is 17.0. The van der Waals surface area contributed by atoms with Crippen molar-refractivity contribution < 1.29 is 14.2 Å². The first-order valence-electron chi connectivity index (χ1n) is 11.5. The van der Waals surface area contributed by atoms with E-state index in [1.165, 1.54) is 0 Å². The maximum atomic E-state index is 5.97. The van der Waals surface area contributed by atoms with E-state index < -0.39 is 0 Å². The van der Waals surface area contributed by atoms with Gasteiger partial charge in [-0.2, -0.15) is 0 Å². The number of hydrogen-bond donors (Lipinski definition) is 1. The normalized spacial score (nSPS) is 13.6. The fraction of sp³-hybridized carbons (Fsp3) is 0.259. The lowest BCUT2D eigenvalue weighted by Crippen LogP contribution is -2.36. The Hall–Kier alpha value is -3.84. The van der Waals surface area contributed by atoms with Crippen molar-refractivity contribution in [2.75, 3.05) is 43.6 Å². The van der Waals surface area contributed by atoms with Gasteiger partial charge < -0.3 is 24.4 Å². The minimum Gasteiger partial charge on any atom is -0.493 e. The molecule has 1 aliphatic rings. The Bertz CT molecular complexity index is 1240. The summed E-state index contributed by atoms with van der Waals surface area (Å²) in [6.07, 6.45) is 1.84. The largest absolute Gasteiger partial charge is 0.493 e. The SMILES string of the molecule is COc1cc(CNc2ccc3ncc(N4CCOCC4)nc3c2)ccc1OCc1ccccc1. The Morgan fingerprint density at radius 1 is 0.912 bits per heavy atom. The van der Waals surface area contributed by atoms with Gasteiger partial charge in [0.15, 0.2) is 11.5 Å². The number of nitrogens with zero attached hydrogens (tertiary/aromatic N) is 3. The van der Waals surface area contributed by atoms with Crippen molar-refractivity contribution in [1.29, 1.82) is 0 Å². The first-order chi connectivity index (χ1) is 16.8. The Morgan fingerprint density at radius 3 is 2.59 bits per heavy atom. The summed E-state index contributed by atoms with van der Waals surface area (Å²) >= 11 is 0. The Labute approximate surface area is 199 Å². The zero-order valence-corrected chi connectivity index (χ0v) is 19.2. The molecule has 7 nitrogen and oxygen atoms in total. The van der Waals surface area contributed by atoms with Gasteiger partial charge >= 0.3 is 0 Å². The number of benzene rings is 3. The molecule has 0 amide bonds. The van der Waals surface area contributed by atoms with Crippen LogP contribution in [0.2, 0.25) is 0 Å². The molecule has 0 spiro atoms. The highest BCUT2D eigenvalue weighted by Crippen LogP contribution is 2.29. The molecule has 174 valence electrons. The number of ether oxygens (including phenoxy) is 3. The average Bonchev–Trinajstić information content (AvgIpc) is 2.91. The molecule has 1 N–H and O–H groups in total. The molecule has 1 fully saturated rings. The number of morpholine rings is 1. The van der Waals surface area contributed by atoms with Gasteiger partial charge in [0.05, 0.1) is 37.6 Å². The lowest BCUT2D eigenvalue weighted by atomic mass is 10.2. The summed E-state index contributed by atoms with van der Waals surface area (Å²) in [5, 5.41) is 3.48. The van der Waals surface area contributed by atoms with Crippen molar-refractivity contribution in [3.8, 4) is 11.5 Å². The second kappa shape index (κ2) is 10.4. The van der Waals surface area contributed by atoms with E-state index in [4.69, 9.17) is 19.2 Å². The van der Waals surface area contributed by atoms with Crippen LogP contribution in [-0.2, 0) is 17.9 Å². The van der Waals surface area contributed by atoms with Gasteiger partial charge in [-0.3, -0.25) is 4.98 Å². The van der Waals surface area contributed by atoms with Crippen LogP contribution in [-0.4, -0.2) is 43.4 Å². The van der Waals surface area contributed by atoms with Crippen molar-refractivity contribution in [2.24, 2.45) is 0 Å². The number of nitrogens with one attached hydrogen (secondary N) is 1. The predicted molar refractivity (Wildman–Crippen MR) is 134 cm³/mol. The molecule has 0 bridgehead atoms. The monoisotopic (exact) mass is 456 g/mol. The molecule has 0 aliphatic carbocycles. The molecule has 0 saturated carbocycles. The first kappa shape index (κ1) is 22.0. The Balaban J connectivity index is 1.25. The lowest BCUT2D eigenvalue weighted by molar-refractivity contribution is 0.122. The quantitative estimate of drug-likeness (QED) is 0.413. The summed E-state index contributed by atoms with van der Waals surface area (Å²) in [6, 6.07) is 22.2. The molecule has 4 aromatic rings. The number of aromatic nitrogens is 2. The highest BCUT2D eigenvalue weighted by atomic mass is 16.5. The zero-order valence-electron chi connectivity index (χ0n) is 19.2. The number of fused-ring (bicyclic) bond motifs is 1. The first-order valence-corrected chi connectivity index (χ1v) is 11.5. The van der Waals surface area contributed by atoms with Crippen LogP contribution in [0, 0.1) is 0 Å². The third-order valence-corrected chi connectivity index (χ3v) is 5.83. The molecule has 34 heavy (non-hydrogen) atoms. The molecule has 1 saturated heterocycles. The summed E-state index contributed by atoms with van der Waals surface area (Å²) in [5.74, 6) is 2.34. The van der Waals surface area contributed by atoms with Crippen LogP contribution in [0.4, 0.5) is 11.5 Å². The van der Waals surface area contributed by atoms with E-state index in [0.29, 0.717) is 13.2 Å². The molecular formula is C27H28N4O3. The van der Waals surface area contributed by atoms with E-state index in [2.05, 4.69) is 15.2 Å². The summed E-state index contributed by atoms with van der Waals surface area (Å²) in [4.78, 5) is 11.6. The highest BCUT2D eigenvalue weighted by Gasteiger charge is 2.13. The van der Waals surface area contributed by atoms with Gasteiger partial charge in [-0.25, -0.2) is 4.98 Å². The highest BCUT2D eigenvalue weighted by molar-refractivity contribution is 5.79. The standard InChI is InChI=1S/C27H28N4O3/c1-32-26-15-21(7-10-25(26)34-19-20-5-3-2-4-6-20)17-28-22-8-9-23-24(16-22)30-27(18-29-23)31-11-13-33-14-12-31/h2-10,15-16,18,28H,11-14,17,19H2,1H3. The molecular weight excluding hydrogens is 428 g/mol. The maximum absolute atomic E-state index is 5.97. The number of anilines is 2. The second-order valence-corrected chi connectivity index (χ2v) is 8.14. The topological polar surface area (TPSA) is 68.7 Å². The summed E-state index contributed by atoms with van der Waals surface area (Å²) in [5.41, 5.74) is 4.95. The predicted octanol–water partition coefficient (Wildman–Crippen LogP) is 4.67. The molecule has 2 heterocycles. The van der Waals surface area contributed by atoms with Gasteiger partial charge in [0, 0.05) is 25.3 Å². The molecule has 5 rings (SSSR count). The van der Waals surface area contributed by atoms with E-state index in [-0.39, 0.29) is 0 Å². The smallest absolute Gasteiger partial charge is 0.161 e.